The Balaban J connectivity index is 1.47. The minimum absolute atomic E-state index is 0.0423. The van der Waals surface area contributed by atoms with E-state index in [1.807, 2.05) is 25.1 Å². The lowest BCUT2D eigenvalue weighted by atomic mass is 10.1. The third kappa shape index (κ3) is 4.55. The van der Waals surface area contributed by atoms with Gasteiger partial charge in [-0.15, -0.1) is 0 Å². The van der Waals surface area contributed by atoms with Crippen LogP contribution in [0.15, 0.2) is 60.8 Å². The number of carbonyl (C=O) groups excluding carboxylic acids is 1. The lowest BCUT2D eigenvalue weighted by Gasteiger charge is -2.36. The number of aromatic nitrogens is 3. The van der Waals surface area contributed by atoms with Crippen LogP contribution in [0, 0.1) is 6.92 Å². The van der Waals surface area contributed by atoms with E-state index in [-0.39, 0.29) is 16.9 Å². The van der Waals surface area contributed by atoms with E-state index in [0.29, 0.717) is 41.3 Å². The fraction of sp³-hybridized carbons (Fsp3) is 0.240. The van der Waals surface area contributed by atoms with Gasteiger partial charge in [0.25, 0.3) is 5.91 Å². The number of halogens is 4. The van der Waals surface area contributed by atoms with Gasteiger partial charge in [0.15, 0.2) is 11.3 Å². The van der Waals surface area contributed by atoms with Gasteiger partial charge in [0.05, 0.1) is 11.9 Å². The highest BCUT2D eigenvalue weighted by atomic mass is 35.5. The number of amides is 1. The second-order valence-corrected chi connectivity index (χ2v) is 8.88. The molecule has 0 spiro atoms. The number of hydrogen-bond donors (Lipinski definition) is 0. The number of aryl methyl sites for hydroxylation is 1. The first-order valence-corrected chi connectivity index (χ1v) is 11.4. The number of rotatable bonds is 3. The molecule has 0 atom stereocenters. The van der Waals surface area contributed by atoms with E-state index < -0.39 is 17.8 Å². The third-order valence-electron chi connectivity index (χ3n) is 6.08. The Kier molecular flexibility index (Phi) is 5.88. The van der Waals surface area contributed by atoms with Gasteiger partial charge in [-0.05, 0) is 31.2 Å². The van der Waals surface area contributed by atoms with Gasteiger partial charge in [-0.2, -0.15) is 18.3 Å². The maximum atomic E-state index is 13.9. The van der Waals surface area contributed by atoms with Crippen molar-refractivity contribution in [1.29, 1.82) is 0 Å². The molecule has 2 aromatic carbocycles. The molecule has 1 amide bonds. The Morgan fingerprint density at radius 2 is 1.71 bits per heavy atom. The summed E-state index contributed by atoms with van der Waals surface area (Å²) in [7, 11) is 0. The molecule has 10 heteroatoms. The van der Waals surface area contributed by atoms with E-state index in [2.05, 4.69) is 15.0 Å². The molecular weight excluding hydrogens is 479 g/mol. The minimum atomic E-state index is -4.67. The summed E-state index contributed by atoms with van der Waals surface area (Å²) in [6, 6.07) is 15.5. The summed E-state index contributed by atoms with van der Waals surface area (Å²) in [5, 5.41) is 4.51. The van der Waals surface area contributed by atoms with Crippen molar-refractivity contribution in [1.82, 2.24) is 19.5 Å². The SMILES string of the molecule is Cc1ccc(-c2cc(C(F)(F)F)n3ncc(C(=O)N4CCN(c5cccc(Cl)c5)CC4)c3n2)cc1. The molecule has 1 aliphatic rings. The van der Waals surface area contributed by atoms with Crippen LogP contribution < -0.4 is 4.90 Å². The van der Waals surface area contributed by atoms with Crippen molar-refractivity contribution in [3.05, 3.63) is 82.6 Å². The molecule has 4 aromatic rings. The van der Waals surface area contributed by atoms with Crippen LogP contribution in [0.3, 0.4) is 0 Å². The smallest absolute Gasteiger partial charge is 0.368 e. The number of carbonyl (C=O) groups is 1. The van der Waals surface area contributed by atoms with E-state index in [1.54, 1.807) is 35.2 Å². The summed E-state index contributed by atoms with van der Waals surface area (Å²) in [6.45, 7) is 3.85. The van der Waals surface area contributed by atoms with Gasteiger partial charge in [-0.25, -0.2) is 9.50 Å². The standard InChI is InChI=1S/C25H21ClF3N5O/c1-16-5-7-17(8-6-16)21-14-22(25(27,28)29)34-23(31-21)20(15-30-34)24(35)33-11-9-32(10-12-33)19-4-2-3-18(26)13-19/h2-8,13-15H,9-12H2,1H3. The summed E-state index contributed by atoms with van der Waals surface area (Å²) in [6.07, 6.45) is -3.50. The number of anilines is 1. The molecule has 35 heavy (non-hydrogen) atoms. The van der Waals surface area contributed by atoms with Crippen molar-refractivity contribution in [3.8, 4) is 11.3 Å². The zero-order valence-corrected chi connectivity index (χ0v) is 19.5. The fourth-order valence-electron chi connectivity index (χ4n) is 4.20. The molecule has 2 aromatic heterocycles. The molecule has 6 nitrogen and oxygen atoms in total. The number of hydrogen-bond acceptors (Lipinski definition) is 4. The maximum absolute atomic E-state index is 13.9. The summed E-state index contributed by atoms with van der Waals surface area (Å²) in [5.74, 6) is -0.396. The molecule has 3 heterocycles. The molecular formula is C25H21ClF3N5O. The highest BCUT2D eigenvalue weighted by molar-refractivity contribution is 6.30. The topological polar surface area (TPSA) is 53.7 Å². The van der Waals surface area contributed by atoms with E-state index in [1.165, 1.54) is 6.20 Å². The van der Waals surface area contributed by atoms with Crippen molar-refractivity contribution in [2.75, 3.05) is 31.1 Å². The second-order valence-electron chi connectivity index (χ2n) is 8.44. The van der Waals surface area contributed by atoms with E-state index in [0.717, 1.165) is 17.3 Å². The number of piperazine rings is 1. The van der Waals surface area contributed by atoms with E-state index >= 15 is 0 Å². The van der Waals surface area contributed by atoms with Crippen molar-refractivity contribution < 1.29 is 18.0 Å². The van der Waals surface area contributed by atoms with Gasteiger partial charge >= 0.3 is 6.18 Å². The van der Waals surface area contributed by atoms with Crippen LogP contribution >= 0.6 is 11.6 Å². The van der Waals surface area contributed by atoms with Crippen LogP contribution in [0.25, 0.3) is 16.9 Å². The van der Waals surface area contributed by atoms with Gasteiger partial charge in [0.1, 0.15) is 5.56 Å². The van der Waals surface area contributed by atoms with Gasteiger partial charge < -0.3 is 9.80 Å². The van der Waals surface area contributed by atoms with Crippen LogP contribution in [-0.2, 0) is 6.18 Å². The van der Waals surface area contributed by atoms with Crippen molar-refractivity contribution in [3.63, 3.8) is 0 Å². The average molecular weight is 500 g/mol. The summed E-state index contributed by atoms with van der Waals surface area (Å²) >= 11 is 6.09. The van der Waals surface area contributed by atoms with Crippen molar-refractivity contribution in [2.45, 2.75) is 13.1 Å². The average Bonchev–Trinajstić information content (AvgIpc) is 3.27. The summed E-state index contributed by atoms with van der Waals surface area (Å²) in [4.78, 5) is 21.5. The third-order valence-corrected chi connectivity index (χ3v) is 6.32. The summed E-state index contributed by atoms with van der Waals surface area (Å²) < 4.78 is 42.3. The first kappa shape index (κ1) is 23.2. The van der Waals surface area contributed by atoms with Crippen LogP contribution in [0.1, 0.15) is 21.6 Å². The number of fused-ring (bicyclic) bond motifs is 1. The first-order chi connectivity index (χ1) is 16.7. The Morgan fingerprint density at radius 1 is 1.00 bits per heavy atom. The molecule has 0 saturated carbocycles. The highest BCUT2D eigenvalue weighted by Crippen LogP contribution is 2.33. The normalized spacial score (nSPS) is 14.5. The molecule has 5 rings (SSSR count). The summed E-state index contributed by atoms with van der Waals surface area (Å²) in [5.41, 5.74) is 1.53. The van der Waals surface area contributed by atoms with Crippen LogP contribution in [0.2, 0.25) is 5.02 Å². The zero-order valence-electron chi connectivity index (χ0n) is 18.8. The molecule has 0 aliphatic carbocycles. The molecule has 0 radical (unpaired) electrons. The number of benzene rings is 2. The molecule has 1 saturated heterocycles. The van der Waals surface area contributed by atoms with Gasteiger partial charge in [0, 0.05) is 42.5 Å². The predicted octanol–water partition coefficient (Wildman–Crippen LogP) is 5.34. The first-order valence-electron chi connectivity index (χ1n) is 11.0. The highest BCUT2D eigenvalue weighted by Gasteiger charge is 2.36. The molecule has 1 aliphatic heterocycles. The molecule has 0 bridgehead atoms. The second kappa shape index (κ2) is 8.88. The Morgan fingerprint density at radius 3 is 2.37 bits per heavy atom. The van der Waals surface area contributed by atoms with E-state index in [9.17, 15) is 18.0 Å². The van der Waals surface area contributed by atoms with Crippen LogP contribution in [0.5, 0.6) is 0 Å². The maximum Gasteiger partial charge on any atom is 0.433 e. The monoisotopic (exact) mass is 499 g/mol. The predicted molar refractivity (Wildman–Crippen MR) is 128 cm³/mol. The van der Waals surface area contributed by atoms with Crippen LogP contribution in [0.4, 0.5) is 18.9 Å². The Hall–Kier alpha value is -3.59. The lowest BCUT2D eigenvalue weighted by molar-refractivity contribution is -0.142. The van der Waals surface area contributed by atoms with Gasteiger partial charge in [-0.1, -0.05) is 47.5 Å². The van der Waals surface area contributed by atoms with Crippen molar-refractivity contribution >= 4 is 28.8 Å². The number of alkyl halides is 3. The Bertz CT molecular complexity index is 1390. The van der Waals surface area contributed by atoms with Crippen molar-refractivity contribution in [2.24, 2.45) is 0 Å². The molecule has 0 N–H and O–H groups in total. The van der Waals surface area contributed by atoms with Gasteiger partial charge in [-0.3, -0.25) is 4.79 Å². The zero-order chi connectivity index (χ0) is 24.7. The molecule has 180 valence electrons. The molecule has 0 unspecified atom stereocenters. The van der Waals surface area contributed by atoms with E-state index in [4.69, 9.17) is 11.6 Å². The lowest BCUT2D eigenvalue weighted by Crippen LogP contribution is -2.48. The molecule has 1 fully saturated rings. The van der Waals surface area contributed by atoms with Crippen LogP contribution in [-0.4, -0.2) is 51.6 Å². The fourth-order valence-corrected chi connectivity index (χ4v) is 4.38. The largest absolute Gasteiger partial charge is 0.433 e. The minimum Gasteiger partial charge on any atom is -0.368 e. The quantitative estimate of drug-likeness (QED) is 0.382. The van der Waals surface area contributed by atoms with Gasteiger partial charge in [0.2, 0.25) is 0 Å². The number of nitrogens with zero attached hydrogens (tertiary/aromatic N) is 5. The Labute approximate surface area is 204 Å².